The third-order valence-electron chi connectivity index (χ3n) is 3.17. The molecule has 0 saturated carbocycles. The summed E-state index contributed by atoms with van der Waals surface area (Å²) in [6.07, 6.45) is 1.83. The molecular formula is C16H19BrN2. The number of benzene rings is 1. The molecule has 2 nitrogen and oxygen atoms in total. The van der Waals surface area contributed by atoms with Gasteiger partial charge >= 0.3 is 0 Å². The molecule has 0 aliphatic rings. The summed E-state index contributed by atoms with van der Waals surface area (Å²) in [7, 11) is 2.06. The summed E-state index contributed by atoms with van der Waals surface area (Å²) in [6, 6.07) is 12.9. The Kier molecular flexibility index (Phi) is 4.59. The van der Waals surface area contributed by atoms with E-state index in [0.29, 0.717) is 5.92 Å². The summed E-state index contributed by atoms with van der Waals surface area (Å²) in [5.74, 6) is 1.57. The van der Waals surface area contributed by atoms with Crippen molar-refractivity contribution in [2.45, 2.75) is 26.3 Å². The second kappa shape index (κ2) is 6.20. The van der Waals surface area contributed by atoms with Gasteiger partial charge in [0, 0.05) is 24.3 Å². The molecule has 100 valence electrons. The van der Waals surface area contributed by atoms with Crippen LogP contribution in [-0.4, -0.2) is 12.0 Å². The van der Waals surface area contributed by atoms with Gasteiger partial charge in [-0.05, 0) is 45.1 Å². The van der Waals surface area contributed by atoms with E-state index in [-0.39, 0.29) is 0 Å². The number of anilines is 1. The van der Waals surface area contributed by atoms with Gasteiger partial charge in [0.2, 0.25) is 0 Å². The fourth-order valence-electron chi connectivity index (χ4n) is 1.96. The predicted molar refractivity (Wildman–Crippen MR) is 84.6 cm³/mol. The predicted octanol–water partition coefficient (Wildman–Crippen LogP) is 4.60. The molecule has 0 atom stereocenters. The van der Waals surface area contributed by atoms with Crippen LogP contribution in [0, 0.1) is 0 Å². The first kappa shape index (κ1) is 14.1. The van der Waals surface area contributed by atoms with E-state index in [1.807, 2.05) is 18.3 Å². The van der Waals surface area contributed by atoms with Crippen molar-refractivity contribution in [1.82, 2.24) is 4.98 Å². The zero-order valence-corrected chi connectivity index (χ0v) is 13.2. The highest BCUT2D eigenvalue weighted by Gasteiger charge is 2.04. The Balaban J connectivity index is 2.06. The topological polar surface area (TPSA) is 16.1 Å². The molecule has 1 aromatic heterocycles. The molecule has 0 spiro atoms. The largest absolute Gasteiger partial charge is 0.355 e. The number of rotatable bonds is 4. The molecule has 0 saturated heterocycles. The van der Waals surface area contributed by atoms with Crippen LogP contribution in [0.5, 0.6) is 0 Å². The Bertz CT molecular complexity index is 517. The molecule has 1 aromatic carbocycles. The lowest BCUT2D eigenvalue weighted by Gasteiger charge is -2.18. The zero-order chi connectivity index (χ0) is 13.8. The molecule has 2 aromatic rings. The first-order valence-electron chi connectivity index (χ1n) is 6.48. The lowest BCUT2D eigenvalue weighted by Crippen LogP contribution is -2.17. The number of hydrogen-bond donors (Lipinski definition) is 0. The van der Waals surface area contributed by atoms with Gasteiger partial charge in [-0.1, -0.05) is 38.1 Å². The van der Waals surface area contributed by atoms with E-state index in [1.54, 1.807) is 0 Å². The van der Waals surface area contributed by atoms with E-state index >= 15 is 0 Å². The van der Waals surface area contributed by atoms with E-state index in [4.69, 9.17) is 0 Å². The molecule has 0 unspecified atom stereocenters. The smallest absolute Gasteiger partial charge is 0.128 e. The molecule has 0 N–H and O–H groups in total. The van der Waals surface area contributed by atoms with Crippen molar-refractivity contribution in [3.05, 3.63) is 58.2 Å². The number of halogens is 1. The van der Waals surface area contributed by atoms with Gasteiger partial charge in [0.15, 0.2) is 0 Å². The molecule has 0 amide bonds. The Hall–Kier alpha value is -1.35. The average molecular weight is 319 g/mol. The molecule has 2 rings (SSSR count). The molecular weight excluding hydrogens is 300 g/mol. The second-order valence-electron chi connectivity index (χ2n) is 5.09. The van der Waals surface area contributed by atoms with Gasteiger partial charge in [-0.15, -0.1) is 0 Å². The van der Waals surface area contributed by atoms with Crippen LogP contribution in [0.25, 0.3) is 0 Å². The van der Waals surface area contributed by atoms with Gasteiger partial charge in [0.1, 0.15) is 5.82 Å². The van der Waals surface area contributed by atoms with Crippen molar-refractivity contribution >= 4 is 21.7 Å². The Labute approximate surface area is 123 Å². The van der Waals surface area contributed by atoms with Crippen molar-refractivity contribution < 1.29 is 0 Å². The number of pyridine rings is 1. The minimum Gasteiger partial charge on any atom is -0.355 e. The average Bonchev–Trinajstić information content (AvgIpc) is 2.40. The first-order valence-corrected chi connectivity index (χ1v) is 7.27. The van der Waals surface area contributed by atoms with Crippen LogP contribution in [0.15, 0.2) is 47.1 Å². The number of aromatic nitrogens is 1. The Morgan fingerprint density at radius 2 is 1.79 bits per heavy atom. The van der Waals surface area contributed by atoms with Crippen LogP contribution in [0.4, 0.5) is 5.82 Å². The van der Waals surface area contributed by atoms with E-state index < -0.39 is 0 Å². The maximum Gasteiger partial charge on any atom is 0.128 e. The monoisotopic (exact) mass is 318 g/mol. The summed E-state index contributed by atoms with van der Waals surface area (Å²) < 4.78 is 1.01. The number of nitrogens with zero attached hydrogens (tertiary/aromatic N) is 2. The van der Waals surface area contributed by atoms with Gasteiger partial charge < -0.3 is 4.90 Å². The molecule has 0 fully saturated rings. The second-order valence-corrected chi connectivity index (χ2v) is 6.00. The normalized spacial score (nSPS) is 10.8. The van der Waals surface area contributed by atoms with E-state index in [9.17, 15) is 0 Å². The molecule has 0 radical (unpaired) electrons. The summed E-state index contributed by atoms with van der Waals surface area (Å²) >= 11 is 3.40. The van der Waals surface area contributed by atoms with E-state index in [2.05, 4.69) is 71.0 Å². The minimum atomic E-state index is 0.583. The van der Waals surface area contributed by atoms with Crippen molar-refractivity contribution in [3.8, 4) is 0 Å². The highest BCUT2D eigenvalue weighted by Crippen LogP contribution is 2.18. The molecule has 0 aliphatic heterocycles. The van der Waals surface area contributed by atoms with Gasteiger partial charge in [-0.3, -0.25) is 0 Å². The van der Waals surface area contributed by atoms with Gasteiger partial charge in [-0.25, -0.2) is 4.98 Å². The summed E-state index contributed by atoms with van der Waals surface area (Å²) in [6.45, 7) is 5.30. The quantitative estimate of drug-likeness (QED) is 0.818. The van der Waals surface area contributed by atoms with Crippen LogP contribution in [0.2, 0.25) is 0 Å². The lowest BCUT2D eigenvalue weighted by atomic mass is 10.0. The van der Waals surface area contributed by atoms with Crippen LogP contribution in [-0.2, 0) is 6.54 Å². The van der Waals surface area contributed by atoms with E-state index in [0.717, 1.165) is 16.8 Å². The highest BCUT2D eigenvalue weighted by atomic mass is 79.9. The SMILES string of the molecule is CC(C)c1ccc(CN(C)c2ccc(Br)cn2)cc1. The van der Waals surface area contributed by atoms with Crippen molar-refractivity contribution in [3.63, 3.8) is 0 Å². The maximum absolute atomic E-state index is 4.40. The van der Waals surface area contributed by atoms with Crippen molar-refractivity contribution in [2.24, 2.45) is 0 Å². The van der Waals surface area contributed by atoms with Crippen LogP contribution in [0.3, 0.4) is 0 Å². The third-order valence-corrected chi connectivity index (χ3v) is 3.64. The molecule has 0 aliphatic carbocycles. The fraction of sp³-hybridized carbons (Fsp3) is 0.312. The Morgan fingerprint density at radius 3 is 2.32 bits per heavy atom. The van der Waals surface area contributed by atoms with Gasteiger partial charge in [0.25, 0.3) is 0 Å². The van der Waals surface area contributed by atoms with Crippen LogP contribution < -0.4 is 4.90 Å². The highest BCUT2D eigenvalue weighted by molar-refractivity contribution is 9.10. The van der Waals surface area contributed by atoms with Crippen LogP contribution >= 0.6 is 15.9 Å². The summed E-state index contributed by atoms with van der Waals surface area (Å²) in [4.78, 5) is 6.55. The third kappa shape index (κ3) is 3.80. The molecule has 1 heterocycles. The summed E-state index contributed by atoms with van der Waals surface area (Å²) in [5, 5.41) is 0. The Morgan fingerprint density at radius 1 is 1.11 bits per heavy atom. The lowest BCUT2D eigenvalue weighted by molar-refractivity contribution is 0.858. The maximum atomic E-state index is 4.40. The molecule has 19 heavy (non-hydrogen) atoms. The summed E-state index contributed by atoms with van der Waals surface area (Å²) in [5.41, 5.74) is 2.68. The standard InChI is InChI=1S/C16H19BrN2/c1-12(2)14-6-4-13(5-7-14)11-19(3)16-9-8-15(17)10-18-16/h4-10,12H,11H2,1-3H3. The first-order chi connectivity index (χ1) is 9.06. The van der Waals surface area contributed by atoms with Crippen molar-refractivity contribution in [2.75, 3.05) is 11.9 Å². The van der Waals surface area contributed by atoms with Crippen LogP contribution in [0.1, 0.15) is 30.9 Å². The number of hydrogen-bond acceptors (Lipinski definition) is 2. The molecule has 0 bridgehead atoms. The molecule has 3 heteroatoms. The minimum absolute atomic E-state index is 0.583. The van der Waals surface area contributed by atoms with Crippen molar-refractivity contribution in [1.29, 1.82) is 0 Å². The van der Waals surface area contributed by atoms with E-state index in [1.165, 1.54) is 11.1 Å². The van der Waals surface area contributed by atoms with Gasteiger partial charge in [-0.2, -0.15) is 0 Å². The van der Waals surface area contributed by atoms with Gasteiger partial charge in [0.05, 0.1) is 0 Å². The fourth-order valence-corrected chi connectivity index (χ4v) is 2.19. The zero-order valence-electron chi connectivity index (χ0n) is 11.6.